The van der Waals surface area contributed by atoms with Gasteiger partial charge in [-0.1, -0.05) is 0 Å². The van der Waals surface area contributed by atoms with Crippen LogP contribution < -0.4 is 5.32 Å². The molecule has 0 aromatic rings. The van der Waals surface area contributed by atoms with Gasteiger partial charge in [0.2, 0.25) is 0 Å². The molecule has 66 valence electrons. The molecule has 0 radical (unpaired) electrons. The first kappa shape index (κ1) is 11.0. The number of hydrogen-bond acceptors (Lipinski definition) is 3. The van der Waals surface area contributed by atoms with Crippen molar-refractivity contribution in [3.05, 3.63) is 0 Å². The van der Waals surface area contributed by atoms with Crippen molar-refractivity contribution in [2.24, 2.45) is 5.92 Å². The molecular formula is C8H17NOS. The topological polar surface area (TPSA) is 29.1 Å². The maximum Gasteiger partial charge on any atom is 0.120 e. The Morgan fingerprint density at radius 2 is 2.27 bits per heavy atom. The Kier molecular flexibility index (Phi) is 8.07. The van der Waals surface area contributed by atoms with Gasteiger partial charge in [-0.25, -0.2) is 0 Å². The van der Waals surface area contributed by atoms with Gasteiger partial charge in [0, 0.05) is 6.42 Å². The third-order valence-corrected chi connectivity index (χ3v) is 2.69. The number of carbonyl (C=O) groups excluding carboxylic acids is 1. The van der Waals surface area contributed by atoms with Gasteiger partial charge in [-0.15, -0.1) is 0 Å². The SMILES string of the molecule is CNC.O=CCC1CCSC1. The fourth-order valence-corrected chi connectivity index (χ4v) is 2.21. The monoisotopic (exact) mass is 175 g/mol. The Balaban J connectivity index is 0.000000292. The van der Waals surface area contributed by atoms with Crippen LogP contribution in [0.5, 0.6) is 0 Å². The lowest BCUT2D eigenvalue weighted by atomic mass is 10.1. The summed E-state index contributed by atoms with van der Waals surface area (Å²) in [6, 6.07) is 0. The molecule has 1 aliphatic heterocycles. The molecule has 0 spiro atoms. The number of hydrogen-bond donors (Lipinski definition) is 1. The minimum atomic E-state index is 0.706. The molecule has 1 fully saturated rings. The third kappa shape index (κ3) is 6.38. The van der Waals surface area contributed by atoms with Crippen LogP contribution in [0, 0.1) is 5.92 Å². The molecule has 2 nitrogen and oxygen atoms in total. The van der Waals surface area contributed by atoms with Crippen LogP contribution in [0.1, 0.15) is 12.8 Å². The quantitative estimate of drug-likeness (QED) is 0.639. The molecule has 0 aromatic carbocycles. The van der Waals surface area contributed by atoms with Gasteiger partial charge in [0.1, 0.15) is 6.29 Å². The van der Waals surface area contributed by atoms with Crippen LogP contribution in [-0.4, -0.2) is 31.9 Å². The van der Waals surface area contributed by atoms with Crippen LogP contribution in [0.25, 0.3) is 0 Å². The third-order valence-electron chi connectivity index (χ3n) is 1.45. The standard InChI is InChI=1S/C6H10OS.C2H7N/c7-3-1-6-2-4-8-5-6;1-3-2/h3,6H,1-2,4-5H2;3H,1-2H3. The van der Waals surface area contributed by atoms with Crippen LogP contribution in [0.2, 0.25) is 0 Å². The second-order valence-electron chi connectivity index (χ2n) is 2.63. The second kappa shape index (κ2) is 8.08. The van der Waals surface area contributed by atoms with Gasteiger partial charge in [0.25, 0.3) is 0 Å². The predicted octanol–water partition coefficient (Wildman–Crippen LogP) is 1.16. The molecule has 1 aliphatic rings. The van der Waals surface area contributed by atoms with Crippen molar-refractivity contribution in [3.63, 3.8) is 0 Å². The van der Waals surface area contributed by atoms with E-state index in [9.17, 15) is 4.79 Å². The summed E-state index contributed by atoms with van der Waals surface area (Å²) >= 11 is 1.96. The highest BCUT2D eigenvalue weighted by molar-refractivity contribution is 7.99. The Hall–Kier alpha value is -0.0200. The van der Waals surface area contributed by atoms with Crippen molar-refractivity contribution in [2.75, 3.05) is 25.6 Å². The summed E-state index contributed by atoms with van der Waals surface area (Å²) in [5, 5.41) is 2.75. The van der Waals surface area contributed by atoms with Crippen molar-refractivity contribution >= 4 is 18.0 Å². The minimum Gasteiger partial charge on any atom is -0.323 e. The molecule has 1 N–H and O–H groups in total. The summed E-state index contributed by atoms with van der Waals surface area (Å²) in [6.45, 7) is 0. The molecule has 0 bridgehead atoms. The summed E-state index contributed by atoms with van der Waals surface area (Å²) in [6.07, 6.45) is 3.08. The maximum absolute atomic E-state index is 9.95. The van der Waals surface area contributed by atoms with Gasteiger partial charge in [0.15, 0.2) is 0 Å². The first-order valence-corrected chi connectivity index (χ1v) is 5.10. The highest BCUT2D eigenvalue weighted by Crippen LogP contribution is 2.24. The van der Waals surface area contributed by atoms with Crippen molar-refractivity contribution in [1.29, 1.82) is 0 Å². The number of aldehydes is 1. The van der Waals surface area contributed by atoms with Gasteiger partial charge < -0.3 is 10.1 Å². The van der Waals surface area contributed by atoms with Crippen LogP contribution in [0.4, 0.5) is 0 Å². The Morgan fingerprint density at radius 3 is 2.64 bits per heavy atom. The van der Waals surface area contributed by atoms with E-state index in [1.165, 1.54) is 17.9 Å². The summed E-state index contributed by atoms with van der Waals surface area (Å²) in [5.41, 5.74) is 0. The summed E-state index contributed by atoms with van der Waals surface area (Å²) in [4.78, 5) is 9.95. The van der Waals surface area contributed by atoms with E-state index in [1.54, 1.807) is 0 Å². The lowest BCUT2D eigenvalue weighted by molar-refractivity contribution is -0.108. The second-order valence-corrected chi connectivity index (χ2v) is 3.78. The van der Waals surface area contributed by atoms with Crippen molar-refractivity contribution in [2.45, 2.75) is 12.8 Å². The molecule has 1 saturated heterocycles. The van der Waals surface area contributed by atoms with Gasteiger partial charge in [0.05, 0.1) is 0 Å². The smallest absolute Gasteiger partial charge is 0.120 e. The van der Waals surface area contributed by atoms with Gasteiger partial charge in [-0.2, -0.15) is 11.8 Å². The maximum atomic E-state index is 9.95. The van der Waals surface area contributed by atoms with E-state index in [4.69, 9.17) is 0 Å². The molecular weight excluding hydrogens is 158 g/mol. The number of rotatable bonds is 2. The van der Waals surface area contributed by atoms with E-state index in [0.717, 1.165) is 12.7 Å². The highest BCUT2D eigenvalue weighted by atomic mass is 32.2. The predicted molar refractivity (Wildman–Crippen MR) is 51.1 cm³/mol. The van der Waals surface area contributed by atoms with E-state index in [2.05, 4.69) is 5.32 Å². The molecule has 11 heavy (non-hydrogen) atoms. The highest BCUT2D eigenvalue weighted by Gasteiger charge is 2.13. The first-order chi connectivity index (χ1) is 5.35. The van der Waals surface area contributed by atoms with Crippen LogP contribution >= 0.6 is 11.8 Å². The lowest BCUT2D eigenvalue weighted by Gasteiger charge is -1.97. The van der Waals surface area contributed by atoms with E-state index in [-0.39, 0.29) is 0 Å². The Morgan fingerprint density at radius 1 is 1.64 bits per heavy atom. The van der Waals surface area contributed by atoms with Crippen molar-refractivity contribution < 1.29 is 4.79 Å². The Labute approximate surface area is 73.1 Å². The van der Waals surface area contributed by atoms with Crippen LogP contribution in [0.3, 0.4) is 0 Å². The lowest BCUT2D eigenvalue weighted by Crippen LogP contribution is -1.96. The fourth-order valence-electron chi connectivity index (χ4n) is 0.905. The normalized spacial score (nSPS) is 22.2. The molecule has 0 amide bonds. The molecule has 0 saturated carbocycles. The van der Waals surface area contributed by atoms with Crippen LogP contribution in [-0.2, 0) is 4.79 Å². The zero-order chi connectivity index (χ0) is 8.53. The zero-order valence-electron chi connectivity index (χ0n) is 7.30. The van der Waals surface area contributed by atoms with Crippen molar-refractivity contribution in [3.8, 4) is 0 Å². The van der Waals surface area contributed by atoms with Gasteiger partial charge in [-0.3, -0.25) is 0 Å². The van der Waals surface area contributed by atoms with Gasteiger partial charge in [-0.05, 0) is 37.9 Å². The molecule has 0 aliphatic carbocycles. The molecule has 1 unspecified atom stereocenters. The average molecular weight is 175 g/mol. The summed E-state index contributed by atoms with van der Waals surface area (Å²) in [7, 11) is 3.75. The molecule has 1 heterocycles. The van der Waals surface area contributed by atoms with E-state index >= 15 is 0 Å². The molecule has 0 aromatic heterocycles. The summed E-state index contributed by atoms with van der Waals surface area (Å²) < 4.78 is 0. The van der Waals surface area contributed by atoms with Crippen molar-refractivity contribution in [1.82, 2.24) is 5.32 Å². The summed E-state index contributed by atoms with van der Waals surface area (Å²) in [5.74, 6) is 3.18. The van der Waals surface area contributed by atoms with Gasteiger partial charge >= 0.3 is 0 Å². The number of thioether (sulfide) groups is 1. The van der Waals surface area contributed by atoms with E-state index < -0.39 is 0 Å². The van der Waals surface area contributed by atoms with Crippen LogP contribution in [0.15, 0.2) is 0 Å². The van der Waals surface area contributed by atoms with E-state index in [1.807, 2.05) is 25.9 Å². The number of carbonyl (C=O) groups is 1. The van der Waals surface area contributed by atoms with E-state index in [0.29, 0.717) is 5.92 Å². The first-order valence-electron chi connectivity index (χ1n) is 3.95. The molecule has 1 rings (SSSR count). The number of nitrogens with one attached hydrogen (secondary N) is 1. The largest absolute Gasteiger partial charge is 0.323 e. The minimum absolute atomic E-state index is 0.706. The zero-order valence-corrected chi connectivity index (χ0v) is 8.12. The average Bonchev–Trinajstić information content (AvgIpc) is 2.42. The molecule has 1 atom stereocenters. The fraction of sp³-hybridized carbons (Fsp3) is 0.875. The molecule has 3 heteroatoms. The Bertz CT molecular complexity index is 92.1.